The van der Waals surface area contributed by atoms with Gasteiger partial charge in [-0.05, 0) is 53.6 Å². The quantitative estimate of drug-likeness (QED) is 0.447. The zero-order valence-corrected chi connectivity index (χ0v) is 23.3. The number of hydrogen-bond donors (Lipinski definition) is 0. The Balaban J connectivity index is 1.53. The molecule has 0 saturated carbocycles. The van der Waals surface area contributed by atoms with Crippen LogP contribution in [0.1, 0.15) is 33.4 Å². The van der Waals surface area contributed by atoms with Crippen LogP contribution in [0.2, 0.25) is 5.02 Å². The Morgan fingerprint density at radius 1 is 0.872 bits per heavy atom. The molecule has 1 saturated heterocycles. The van der Waals surface area contributed by atoms with E-state index < -0.39 is 12.0 Å². The Kier molecular flexibility index (Phi) is 7.57. The SMILES string of the molecule is COc1ccc(C2C(C(=O)N3CCN(c4cccc(Cl)c4)CC3)c3cc(OC)c(OC)cc3C(=O)N2C)cc1. The normalized spacial score (nSPS) is 19.0. The third-order valence-electron chi connectivity index (χ3n) is 7.66. The fourth-order valence-electron chi connectivity index (χ4n) is 5.59. The van der Waals surface area contributed by atoms with Crippen molar-refractivity contribution in [3.05, 3.63) is 82.4 Å². The van der Waals surface area contributed by atoms with Gasteiger partial charge in [-0.3, -0.25) is 9.59 Å². The third-order valence-corrected chi connectivity index (χ3v) is 7.90. The van der Waals surface area contributed by atoms with Crippen LogP contribution in [0, 0.1) is 0 Å². The molecular weight excluding hydrogens is 518 g/mol. The standard InChI is InChI=1S/C30H32ClN3O5/c1-32-28(19-8-10-22(37-2)11-9-19)27(23-17-25(38-3)26(39-4)18-24(23)29(32)35)30(36)34-14-12-33(13-15-34)21-7-5-6-20(31)16-21/h5-11,16-18,27-28H,12-15H2,1-4H3. The lowest BCUT2D eigenvalue weighted by molar-refractivity contribution is -0.134. The Morgan fingerprint density at radius 2 is 1.54 bits per heavy atom. The molecule has 0 radical (unpaired) electrons. The van der Waals surface area contributed by atoms with Crippen molar-refractivity contribution in [2.45, 2.75) is 12.0 Å². The predicted molar refractivity (Wildman–Crippen MR) is 150 cm³/mol. The molecule has 0 aliphatic carbocycles. The number of halogens is 1. The molecule has 2 heterocycles. The Hall–Kier alpha value is -3.91. The van der Waals surface area contributed by atoms with Gasteiger partial charge in [-0.15, -0.1) is 0 Å². The monoisotopic (exact) mass is 549 g/mol. The van der Waals surface area contributed by atoms with Crippen LogP contribution in [-0.4, -0.2) is 76.2 Å². The lowest BCUT2D eigenvalue weighted by Gasteiger charge is -2.43. The van der Waals surface area contributed by atoms with Crippen molar-refractivity contribution >= 4 is 29.1 Å². The summed E-state index contributed by atoms with van der Waals surface area (Å²) in [6.07, 6.45) is 0. The molecule has 204 valence electrons. The summed E-state index contributed by atoms with van der Waals surface area (Å²) in [7, 11) is 6.43. The Morgan fingerprint density at radius 3 is 2.15 bits per heavy atom. The fraction of sp³-hybridized carbons (Fsp3) is 0.333. The summed E-state index contributed by atoms with van der Waals surface area (Å²) in [4.78, 5) is 33.8. The number of amides is 2. The van der Waals surface area contributed by atoms with Crippen LogP contribution in [0.5, 0.6) is 17.2 Å². The summed E-state index contributed by atoms with van der Waals surface area (Å²) in [5.41, 5.74) is 2.97. The second-order valence-electron chi connectivity index (χ2n) is 9.70. The van der Waals surface area contributed by atoms with E-state index in [0.717, 1.165) is 11.3 Å². The minimum absolute atomic E-state index is 0.0330. The first-order valence-electron chi connectivity index (χ1n) is 12.8. The number of benzene rings is 3. The third kappa shape index (κ3) is 4.96. The van der Waals surface area contributed by atoms with Crippen molar-refractivity contribution < 1.29 is 23.8 Å². The zero-order chi connectivity index (χ0) is 27.7. The molecule has 0 bridgehead atoms. The van der Waals surface area contributed by atoms with E-state index >= 15 is 0 Å². The van der Waals surface area contributed by atoms with Gasteiger partial charge in [0.25, 0.3) is 5.91 Å². The average molecular weight is 550 g/mol. The number of ether oxygens (including phenoxy) is 3. The molecule has 0 spiro atoms. The first-order valence-corrected chi connectivity index (χ1v) is 13.2. The molecule has 1 fully saturated rings. The van der Waals surface area contributed by atoms with Crippen molar-refractivity contribution in [2.24, 2.45) is 0 Å². The van der Waals surface area contributed by atoms with Crippen LogP contribution in [0.25, 0.3) is 0 Å². The van der Waals surface area contributed by atoms with Gasteiger partial charge in [-0.25, -0.2) is 0 Å². The van der Waals surface area contributed by atoms with Gasteiger partial charge < -0.3 is 28.9 Å². The molecule has 9 heteroatoms. The zero-order valence-electron chi connectivity index (χ0n) is 22.5. The van der Waals surface area contributed by atoms with E-state index in [0.29, 0.717) is 59.6 Å². The number of carbonyl (C=O) groups is 2. The predicted octanol–water partition coefficient (Wildman–Crippen LogP) is 4.63. The number of fused-ring (bicyclic) bond motifs is 1. The number of rotatable bonds is 6. The number of methoxy groups -OCH3 is 3. The number of likely N-dealkylation sites (N-methyl/N-ethyl adjacent to an activating group) is 1. The van der Waals surface area contributed by atoms with Crippen LogP contribution in [0.3, 0.4) is 0 Å². The fourth-order valence-corrected chi connectivity index (χ4v) is 5.77. The molecule has 2 amide bonds. The number of anilines is 1. The first-order chi connectivity index (χ1) is 18.9. The van der Waals surface area contributed by atoms with Gasteiger partial charge in [0.05, 0.1) is 33.3 Å². The van der Waals surface area contributed by atoms with Gasteiger partial charge in [0, 0.05) is 49.5 Å². The molecule has 5 rings (SSSR count). The van der Waals surface area contributed by atoms with E-state index in [1.54, 1.807) is 38.3 Å². The molecule has 8 nitrogen and oxygen atoms in total. The average Bonchev–Trinajstić information content (AvgIpc) is 2.98. The second-order valence-corrected chi connectivity index (χ2v) is 10.1. The molecular formula is C30H32ClN3O5. The van der Waals surface area contributed by atoms with Crippen LogP contribution < -0.4 is 19.1 Å². The highest BCUT2D eigenvalue weighted by molar-refractivity contribution is 6.30. The van der Waals surface area contributed by atoms with Gasteiger partial charge in [-0.1, -0.05) is 29.8 Å². The van der Waals surface area contributed by atoms with Crippen molar-refractivity contribution in [1.29, 1.82) is 0 Å². The Labute approximate surface area is 233 Å². The molecule has 0 aromatic heterocycles. The van der Waals surface area contributed by atoms with Crippen LogP contribution >= 0.6 is 11.6 Å². The minimum atomic E-state index is -0.631. The van der Waals surface area contributed by atoms with Crippen LogP contribution in [0.15, 0.2) is 60.7 Å². The molecule has 39 heavy (non-hydrogen) atoms. The van der Waals surface area contributed by atoms with Gasteiger partial charge in [0.15, 0.2) is 11.5 Å². The van der Waals surface area contributed by atoms with Crippen molar-refractivity contribution in [2.75, 3.05) is 59.5 Å². The number of carbonyl (C=O) groups excluding carboxylic acids is 2. The molecule has 3 aromatic rings. The summed E-state index contributed by atoms with van der Waals surface area (Å²) in [6, 6.07) is 18.2. The van der Waals surface area contributed by atoms with Gasteiger partial charge >= 0.3 is 0 Å². The van der Waals surface area contributed by atoms with E-state index in [-0.39, 0.29) is 11.8 Å². The Bertz CT molecular complexity index is 1370. The maximum Gasteiger partial charge on any atom is 0.254 e. The summed E-state index contributed by atoms with van der Waals surface area (Å²) >= 11 is 6.21. The second kappa shape index (κ2) is 11.1. The van der Waals surface area contributed by atoms with Crippen LogP contribution in [0.4, 0.5) is 5.69 Å². The first kappa shape index (κ1) is 26.7. The van der Waals surface area contributed by atoms with Crippen molar-refractivity contribution in [3.8, 4) is 17.2 Å². The highest BCUT2D eigenvalue weighted by Gasteiger charge is 2.45. The largest absolute Gasteiger partial charge is 0.497 e. The number of nitrogens with zero attached hydrogens (tertiary/aromatic N) is 3. The maximum atomic E-state index is 14.4. The maximum absolute atomic E-state index is 14.4. The topological polar surface area (TPSA) is 71.5 Å². The summed E-state index contributed by atoms with van der Waals surface area (Å²) < 4.78 is 16.4. The van der Waals surface area contributed by atoms with E-state index in [2.05, 4.69) is 4.90 Å². The number of piperazine rings is 1. The highest BCUT2D eigenvalue weighted by Crippen LogP contribution is 2.46. The molecule has 2 atom stereocenters. The van der Waals surface area contributed by atoms with E-state index in [1.165, 1.54) is 7.11 Å². The molecule has 3 aromatic carbocycles. The molecule has 0 N–H and O–H groups in total. The molecule has 2 unspecified atom stereocenters. The molecule has 2 aliphatic rings. The van der Waals surface area contributed by atoms with Crippen LogP contribution in [-0.2, 0) is 4.79 Å². The van der Waals surface area contributed by atoms with E-state index in [1.807, 2.05) is 53.4 Å². The van der Waals surface area contributed by atoms with Gasteiger partial charge in [-0.2, -0.15) is 0 Å². The summed E-state index contributed by atoms with van der Waals surface area (Å²) in [5.74, 6) is 0.785. The summed E-state index contributed by atoms with van der Waals surface area (Å²) in [5, 5.41) is 0.684. The van der Waals surface area contributed by atoms with Crippen molar-refractivity contribution in [1.82, 2.24) is 9.80 Å². The lowest BCUT2D eigenvalue weighted by atomic mass is 9.78. The smallest absolute Gasteiger partial charge is 0.254 e. The van der Waals surface area contributed by atoms with Gasteiger partial charge in [0.1, 0.15) is 5.75 Å². The summed E-state index contributed by atoms with van der Waals surface area (Å²) in [6.45, 7) is 2.47. The van der Waals surface area contributed by atoms with E-state index in [4.69, 9.17) is 25.8 Å². The highest BCUT2D eigenvalue weighted by atomic mass is 35.5. The van der Waals surface area contributed by atoms with Gasteiger partial charge in [0.2, 0.25) is 5.91 Å². The minimum Gasteiger partial charge on any atom is -0.497 e. The lowest BCUT2D eigenvalue weighted by Crippen LogP contribution is -2.53. The van der Waals surface area contributed by atoms with Crippen molar-refractivity contribution in [3.63, 3.8) is 0 Å². The number of hydrogen-bond acceptors (Lipinski definition) is 6. The van der Waals surface area contributed by atoms with E-state index in [9.17, 15) is 9.59 Å². The molecule has 2 aliphatic heterocycles.